The molecule has 150 valence electrons. The molecule has 0 aliphatic carbocycles. The van der Waals surface area contributed by atoms with E-state index in [9.17, 15) is 23.6 Å². The Morgan fingerprint density at radius 2 is 1.83 bits per heavy atom. The third-order valence-corrected chi connectivity index (χ3v) is 4.21. The predicted molar refractivity (Wildman–Crippen MR) is 104 cm³/mol. The van der Waals surface area contributed by atoms with Crippen LogP contribution in [0.25, 0.3) is 10.9 Å². The molecule has 1 N–H and O–H groups in total. The number of carbonyl (C=O) groups is 2. The molecule has 0 spiro atoms. The molecule has 3 rings (SSSR count). The first-order valence-corrected chi connectivity index (χ1v) is 8.84. The van der Waals surface area contributed by atoms with Crippen molar-refractivity contribution in [3.05, 3.63) is 75.2 Å². The number of rotatable bonds is 6. The van der Waals surface area contributed by atoms with Crippen LogP contribution < -0.4 is 16.6 Å². The highest BCUT2D eigenvalue weighted by Gasteiger charge is 2.16. The molecule has 0 aliphatic rings. The molecule has 2 aromatic carbocycles. The summed E-state index contributed by atoms with van der Waals surface area (Å²) in [6, 6.07) is 11.7. The Kier molecular flexibility index (Phi) is 5.87. The molecule has 29 heavy (non-hydrogen) atoms. The summed E-state index contributed by atoms with van der Waals surface area (Å²) in [5, 5.41) is 2.70. The molecule has 0 unspecified atom stereocenters. The van der Waals surface area contributed by atoms with Crippen LogP contribution >= 0.6 is 0 Å². The number of para-hydroxylation sites is 1. The lowest BCUT2D eigenvalue weighted by molar-refractivity contribution is -0.147. The number of hydrogen-bond acceptors (Lipinski definition) is 5. The molecular formula is C20H18FN3O5. The van der Waals surface area contributed by atoms with Crippen molar-refractivity contribution in [1.29, 1.82) is 0 Å². The second kappa shape index (κ2) is 8.51. The first-order valence-electron chi connectivity index (χ1n) is 8.84. The highest BCUT2D eigenvalue weighted by molar-refractivity contribution is 5.92. The zero-order valence-corrected chi connectivity index (χ0v) is 15.6. The molecule has 1 amide bonds. The molecule has 0 saturated heterocycles. The number of hydrogen-bond donors (Lipinski definition) is 1. The monoisotopic (exact) mass is 399 g/mol. The van der Waals surface area contributed by atoms with Crippen molar-refractivity contribution in [2.24, 2.45) is 0 Å². The number of nitrogens with one attached hydrogen (secondary N) is 1. The van der Waals surface area contributed by atoms with Crippen molar-refractivity contribution in [2.45, 2.75) is 20.0 Å². The minimum absolute atomic E-state index is 0.146. The fourth-order valence-electron chi connectivity index (χ4n) is 2.89. The van der Waals surface area contributed by atoms with Gasteiger partial charge in [0, 0.05) is 12.2 Å². The summed E-state index contributed by atoms with van der Waals surface area (Å²) < 4.78 is 20.2. The van der Waals surface area contributed by atoms with Crippen molar-refractivity contribution in [2.75, 3.05) is 11.9 Å². The first-order chi connectivity index (χ1) is 13.9. The Balaban J connectivity index is 1.74. The van der Waals surface area contributed by atoms with E-state index in [1.807, 2.05) is 0 Å². The summed E-state index contributed by atoms with van der Waals surface area (Å²) in [7, 11) is 0. The van der Waals surface area contributed by atoms with Gasteiger partial charge in [-0.2, -0.15) is 0 Å². The molecular weight excluding hydrogens is 381 g/mol. The Labute approximate surface area is 164 Å². The maximum Gasteiger partial charge on any atom is 0.332 e. The number of nitrogens with zero attached hydrogens (tertiary/aromatic N) is 2. The predicted octanol–water partition coefficient (Wildman–Crippen LogP) is 1.50. The van der Waals surface area contributed by atoms with Gasteiger partial charge in [0.1, 0.15) is 12.4 Å². The summed E-state index contributed by atoms with van der Waals surface area (Å²) >= 11 is 0. The number of fused-ring (bicyclic) bond motifs is 1. The summed E-state index contributed by atoms with van der Waals surface area (Å²) in [5.41, 5.74) is -0.554. The second-order valence-electron chi connectivity index (χ2n) is 6.15. The Morgan fingerprint density at radius 3 is 2.55 bits per heavy atom. The van der Waals surface area contributed by atoms with Crippen molar-refractivity contribution in [3.8, 4) is 0 Å². The standard InChI is InChI=1S/C20H18FN3O5/c1-2-23-19(27)15-8-3-4-9-16(15)24(20(23)28)11-18(26)29-12-17(25)22-14-7-5-6-13(21)10-14/h3-10H,2,11-12H2,1H3,(H,22,25). The highest BCUT2D eigenvalue weighted by atomic mass is 19.1. The van der Waals surface area contributed by atoms with Crippen LogP contribution in [0.5, 0.6) is 0 Å². The van der Waals surface area contributed by atoms with E-state index in [-0.39, 0.29) is 12.2 Å². The van der Waals surface area contributed by atoms with Crippen LogP contribution in [0.2, 0.25) is 0 Å². The van der Waals surface area contributed by atoms with Gasteiger partial charge >= 0.3 is 11.7 Å². The van der Waals surface area contributed by atoms with Crippen molar-refractivity contribution >= 4 is 28.5 Å². The Bertz CT molecular complexity index is 1200. The van der Waals surface area contributed by atoms with Gasteiger partial charge in [-0.15, -0.1) is 0 Å². The van der Waals surface area contributed by atoms with E-state index >= 15 is 0 Å². The number of anilines is 1. The fraction of sp³-hybridized carbons (Fsp3) is 0.200. The molecule has 1 aromatic heterocycles. The van der Waals surface area contributed by atoms with Gasteiger partial charge in [-0.25, -0.2) is 9.18 Å². The molecule has 3 aromatic rings. The lowest BCUT2D eigenvalue weighted by atomic mass is 10.2. The van der Waals surface area contributed by atoms with Gasteiger partial charge in [0.2, 0.25) is 0 Å². The number of halogens is 1. The van der Waals surface area contributed by atoms with Gasteiger partial charge < -0.3 is 10.1 Å². The van der Waals surface area contributed by atoms with Crippen LogP contribution in [-0.2, 0) is 27.4 Å². The summed E-state index contributed by atoms with van der Waals surface area (Å²) in [6.07, 6.45) is 0. The molecule has 0 aliphatic heterocycles. The fourth-order valence-corrected chi connectivity index (χ4v) is 2.89. The van der Waals surface area contributed by atoms with E-state index in [4.69, 9.17) is 4.74 Å². The lowest BCUT2D eigenvalue weighted by Gasteiger charge is -2.13. The number of carbonyl (C=O) groups excluding carboxylic acids is 2. The zero-order chi connectivity index (χ0) is 21.0. The molecule has 9 heteroatoms. The van der Waals surface area contributed by atoms with Crippen molar-refractivity contribution < 1.29 is 18.7 Å². The number of aromatic nitrogens is 2. The van der Waals surface area contributed by atoms with Gasteiger partial charge in [0.25, 0.3) is 11.5 Å². The number of esters is 1. The van der Waals surface area contributed by atoms with Crippen LogP contribution in [0.1, 0.15) is 6.92 Å². The molecule has 1 heterocycles. The minimum atomic E-state index is -0.826. The van der Waals surface area contributed by atoms with Crippen LogP contribution in [0.3, 0.4) is 0 Å². The lowest BCUT2D eigenvalue weighted by Crippen LogP contribution is -2.41. The molecule has 0 fully saturated rings. The van der Waals surface area contributed by atoms with Gasteiger partial charge in [0.05, 0.1) is 10.9 Å². The normalized spacial score (nSPS) is 10.7. The van der Waals surface area contributed by atoms with E-state index in [2.05, 4.69) is 5.32 Å². The van der Waals surface area contributed by atoms with Crippen LogP contribution in [0.15, 0.2) is 58.1 Å². The molecule has 0 radical (unpaired) electrons. The van der Waals surface area contributed by atoms with E-state index in [1.165, 1.54) is 18.2 Å². The third-order valence-electron chi connectivity index (χ3n) is 4.21. The topological polar surface area (TPSA) is 99.4 Å². The van der Waals surface area contributed by atoms with E-state index in [0.29, 0.717) is 10.9 Å². The van der Waals surface area contributed by atoms with Crippen LogP contribution in [0, 0.1) is 5.82 Å². The maximum atomic E-state index is 13.1. The quantitative estimate of drug-likeness (QED) is 0.634. The van der Waals surface area contributed by atoms with Gasteiger partial charge in [-0.1, -0.05) is 18.2 Å². The largest absolute Gasteiger partial charge is 0.454 e. The van der Waals surface area contributed by atoms with Gasteiger partial charge in [-0.3, -0.25) is 23.5 Å². The molecule has 0 atom stereocenters. The Morgan fingerprint density at radius 1 is 1.07 bits per heavy atom. The van der Waals surface area contributed by atoms with E-state index < -0.39 is 42.1 Å². The summed E-state index contributed by atoms with van der Waals surface area (Å²) in [5.74, 6) is -2.00. The van der Waals surface area contributed by atoms with Crippen molar-refractivity contribution in [3.63, 3.8) is 0 Å². The Hall–Kier alpha value is -3.75. The zero-order valence-electron chi connectivity index (χ0n) is 15.6. The average molecular weight is 399 g/mol. The number of ether oxygens (including phenoxy) is 1. The molecule has 8 nitrogen and oxygen atoms in total. The highest BCUT2D eigenvalue weighted by Crippen LogP contribution is 2.09. The van der Waals surface area contributed by atoms with Crippen LogP contribution in [-0.4, -0.2) is 27.6 Å². The summed E-state index contributed by atoms with van der Waals surface area (Å²) in [4.78, 5) is 49.0. The first kappa shape index (κ1) is 20.0. The second-order valence-corrected chi connectivity index (χ2v) is 6.15. The summed E-state index contributed by atoms with van der Waals surface area (Å²) in [6.45, 7) is 0.729. The van der Waals surface area contributed by atoms with E-state index in [0.717, 1.165) is 15.2 Å². The molecule has 0 bridgehead atoms. The van der Waals surface area contributed by atoms with Crippen LogP contribution in [0.4, 0.5) is 10.1 Å². The third kappa shape index (κ3) is 4.40. The number of benzene rings is 2. The van der Waals surface area contributed by atoms with Gasteiger partial charge in [-0.05, 0) is 37.3 Å². The molecule has 0 saturated carbocycles. The van der Waals surface area contributed by atoms with E-state index in [1.54, 1.807) is 31.2 Å². The van der Waals surface area contributed by atoms with Gasteiger partial charge in [0.15, 0.2) is 6.61 Å². The average Bonchev–Trinajstić information content (AvgIpc) is 2.70. The minimum Gasteiger partial charge on any atom is -0.454 e. The van der Waals surface area contributed by atoms with Crippen molar-refractivity contribution in [1.82, 2.24) is 9.13 Å². The number of amides is 1. The maximum absolute atomic E-state index is 13.1. The smallest absolute Gasteiger partial charge is 0.332 e. The SMILES string of the molecule is CCn1c(=O)c2ccccc2n(CC(=O)OCC(=O)Nc2cccc(F)c2)c1=O.